The first-order valence-electron chi connectivity index (χ1n) is 9.35. The number of hydrogen-bond acceptors (Lipinski definition) is 5. The normalized spacial score (nSPS) is 14.5. The van der Waals surface area contributed by atoms with Gasteiger partial charge in [0.2, 0.25) is 5.88 Å². The van der Waals surface area contributed by atoms with Crippen LogP contribution >= 0.6 is 0 Å². The lowest BCUT2D eigenvalue weighted by Crippen LogP contribution is -2.28. The second-order valence-corrected chi connectivity index (χ2v) is 6.95. The maximum absolute atomic E-state index is 12.9. The fourth-order valence-corrected chi connectivity index (χ4v) is 3.30. The molecule has 0 fully saturated rings. The summed E-state index contributed by atoms with van der Waals surface area (Å²) in [5.41, 5.74) is 2.24. The minimum absolute atomic E-state index is 0.109. The Hall–Kier alpha value is -3.17. The van der Waals surface area contributed by atoms with Gasteiger partial charge in [-0.25, -0.2) is 4.98 Å². The molecule has 2 aromatic rings. The number of aromatic nitrogens is 2. The van der Waals surface area contributed by atoms with Crippen molar-refractivity contribution in [3.63, 3.8) is 0 Å². The van der Waals surface area contributed by atoms with E-state index < -0.39 is 18.8 Å². The van der Waals surface area contributed by atoms with Gasteiger partial charge in [-0.2, -0.15) is 13.2 Å². The molecule has 2 amide bonds. The van der Waals surface area contributed by atoms with Crippen molar-refractivity contribution in [3.8, 4) is 5.88 Å². The number of rotatable bonds is 6. The number of carbonyl (C=O) groups is 2. The number of carbonyl (C=O) groups excluding carboxylic acids is 2. The number of halogens is 3. The molecule has 0 radical (unpaired) electrons. The van der Waals surface area contributed by atoms with Crippen molar-refractivity contribution >= 4 is 11.8 Å². The van der Waals surface area contributed by atoms with Crippen LogP contribution in [0.15, 0.2) is 24.5 Å². The van der Waals surface area contributed by atoms with Crippen LogP contribution in [0.3, 0.4) is 0 Å². The zero-order valence-electron chi connectivity index (χ0n) is 16.7. The molecule has 0 spiro atoms. The fraction of sp³-hybridized carbons (Fsp3) is 0.400. The Bertz CT molecular complexity index is 978. The molecular weight excluding hydrogens is 401 g/mol. The van der Waals surface area contributed by atoms with E-state index in [1.54, 1.807) is 37.8 Å². The molecular formula is C20H21F3N4O3. The Morgan fingerprint density at radius 1 is 1.37 bits per heavy atom. The first kappa shape index (κ1) is 21.5. The second kappa shape index (κ2) is 8.29. The molecule has 10 heteroatoms. The fourth-order valence-electron chi connectivity index (χ4n) is 3.30. The molecule has 3 heterocycles. The molecule has 7 nitrogen and oxygen atoms in total. The van der Waals surface area contributed by atoms with E-state index in [0.29, 0.717) is 28.8 Å². The maximum Gasteiger partial charge on any atom is 0.422 e. The zero-order valence-corrected chi connectivity index (χ0v) is 16.7. The molecule has 3 rings (SSSR count). The van der Waals surface area contributed by atoms with Crippen molar-refractivity contribution in [3.05, 3.63) is 52.5 Å². The third-order valence-corrected chi connectivity index (χ3v) is 4.80. The molecule has 0 aromatic carbocycles. The summed E-state index contributed by atoms with van der Waals surface area (Å²) in [6, 6.07) is 2.79. The predicted octanol–water partition coefficient (Wildman–Crippen LogP) is 3.19. The number of fused-ring (bicyclic) bond motifs is 1. The first-order chi connectivity index (χ1) is 14.1. The van der Waals surface area contributed by atoms with Gasteiger partial charge in [-0.1, -0.05) is 0 Å². The van der Waals surface area contributed by atoms with Crippen LogP contribution in [0.2, 0.25) is 0 Å². The second-order valence-electron chi connectivity index (χ2n) is 6.95. The Kier molecular flexibility index (Phi) is 5.95. The quantitative estimate of drug-likeness (QED) is 0.773. The summed E-state index contributed by atoms with van der Waals surface area (Å²) in [5, 5.41) is 2.68. The molecule has 30 heavy (non-hydrogen) atoms. The summed E-state index contributed by atoms with van der Waals surface area (Å²) < 4.78 is 41.8. The average Bonchev–Trinajstić information content (AvgIpc) is 3.02. The summed E-state index contributed by atoms with van der Waals surface area (Å²) in [4.78, 5) is 34.8. The molecule has 160 valence electrons. The van der Waals surface area contributed by atoms with Gasteiger partial charge in [-0.05, 0) is 38.5 Å². The van der Waals surface area contributed by atoms with Crippen molar-refractivity contribution in [2.24, 2.45) is 0 Å². The van der Waals surface area contributed by atoms with Crippen molar-refractivity contribution in [1.82, 2.24) is 20.2 Å². The third kappa shape index (κ3) is 4.37. The SMILES string of the molecule is CCNC(=O)c1nccc2c1CN(C(C)c1cnc(OCC(F)(F)F)c(C)c1)C2=O. The number of aryl methyl sites for hydroxylation is 1. The van der Waals surface area contributed by atoms with Gasteiger partial charge < -0.3 is 15.0 Å². The van der Waals surface area contributed by atoms with Gasteiger partial charge in [0.15, 0.2) is 6.61 Å². The van der Waals surface area contributed by atoms with Gasteiger partial charge in [-0.15, -0.1) is 0 Å². The minimum Gasteiger partial charge on any atom is -0.468 e. The highest BCUT2D eigenvalue weighted by atomic mass is 19.4. The zero-order chi connectivity index (χ0) is 22.1. The largest absolute Gasteiger partial charge is 0.468 e. The highest BCUT2D eigenvalue weighted by molar-refractivity contribution is 6.03. The van der Waals surface area contributed by atoms with Gasteiger partial charge in [0.25, 0.3) is 11.8 Å². The lowest BCUT2D eigenvalue weighted by molar-refractivity contribution is -0.154. The molecule has 0 saturated heterocycles. The molecule has 1 unspecified atom stereocenters. The summed E-state index contributed by atoms with van der Waals surface area (Å²) in [6.07, 6.45) is -1.64. The lowest BCUT2D eigenvalue weighted by atomic mass is 10.1. The third-order valence-electron chi connectivity index (χ3n) is 4.80. The van der Waals surface area contributed by atoms with Crippen molar-refractivity contribution in [1.29, 1.82) is 0 Å². The van der Waals surface area contributed by atoms with Crippen LogP contribution in [0, 0.1) is 6.92 Å². The van der Waals surface area contributed by atoms with E-state index in [1.807, 2.05) is 0 Å². The van der Waals surface area contributed by atoms with E-state index >= 15 is 0 Å². The summed E-state index contributed by atoms with van der Waals surface area (Å²) in [5.74, 6) is -0.706. The Morgan fingerprint density at radius 2 is 2.10 bits per heavy atom. The van der Waals surface area contributed by atoms with Crippen LogP contribution in [0.1, 0.15) is 57.4 Å². The van der Waals surface area contributed by atoms with Crippen molar-refractivity contribution in [2.75, 3.05) is 13.2 Å². The average molecular weight is 422 g/mol. The topological polar surface area (TPSA) is 84.4 Å². The number of amides is 2. The van der Waals surface area contributed by atoms with Gasteiger partial charge in [-0.3, -0.25) is 14.6 Å². The van der Waals surface area contributed by atoms with E-state index in [-0.39, 0.29) is 29.9 Å². The molecule has 0 bridgehead atoms. The van der Waals surface area contributed by atoms with Crippen molar-refractivity contribution in [2.45, 2.75) is 39.5 Å². The lowest BCUT2D eigenvalue weighted by Gasteiger charge is -2.25. The Balaban J connectivity index is 1.81. The number of pyridine rings is 2. The standard InChI is InChI=1S/C20H21F3N4O3/c1-4-24-17(28)16-15-9-27(19(29)14(15)5-6-25-16)12(3)13-7-11(2)18(26-8-13)30-10-20(21,22)23/h5-8,12H,4,9-10H2,1-3H3,(H,24,28). The molecule has 1 aliphatic rings. The monoisotopic (exact) mass is 422 g/mol. The van der Waals surface area contributed by atoms with E-state index in [2.05, 4.69) is 15.3 Å². The summed E-state index contributed by atoms with van der Waals surface area (Å²) in [6.45, 7) is 4.37. The first-order valence-corrected chi connectivity index (χ1v) is 9.35. The predicted molar refractivity (Wildman–Crippen MR) is 101 cm³/mol. The number of ether oxygens (including phenoxy) is 1. The van der Waals surface area contributed by atoms with Crippen LogP contribution in [-0.2, 0) is 6.54 Å². The van der Waals surface area contributed by atoms with Crippen LogP contribution in [-0.4, -0.2) is 46.0 Å². The molecule has 1 atom stereocenters. The minimum atomic E-state index is -4.45. The highest BCUT2D eigenvalue weighted by Gasteiger charge is 2.35. The van der Waals surface area contributed by atoms with Crippen LogP contribution in [0.4, 0.5) is 13.2 Å². The van der Waals surface area contributed by atoms with Crippen molar-refractivity contribution < 1.29 is 27.5 Å². The summed E-state index contributed by atoms with van der Waals surface area (Å²) >= 11 is 0. The number of alkyl halides is 3. The number of hydrogen-bond donors (Lipinski definition) is 1. The Labute approximate surface area is 171 Å². The smallest absolute Gasteiger partial charge is 0.422 e. The van der Waals surface area contributed by atoms with E-state index in [9.17, 15) is 22.8 Å². The van der Waals surface area contributed by atoms with Gasteiger partial charge in [0.05, 0.1) is 6.04 Å². The van der Waals surface area contributed by atoms with E-state index in [1.165, 1.54) is 12.4 Å². The summed E-state index contributed by atoms with van der Waals surface area (Å²) in [7, 11) is 0. The Morgan fingerprint density at radius 3 is 2.73 bits per heavy atom. The molecule has 2 aromatic heterocycles. The molecule has 0 aliphatic carbocycles. The maximum atomic E-state index is 12.9. The number of nitrogens with zero attached hydrogens (tertiary/aromatic N) is 3. The van der Waals surface area contributed by atoms with E-state index in [0.717, 1.165) is 0 Å². The van der Waals surface area contributed by atoms with Crippen LogP contribution in [0.5, 0.6) is 5.88 Å². The van der Waals surface area contributed by atoms with Gasteiger partial charge >= 0.3 is 6.18 Å². The van der Waals surface area contributed by atoms with Crippen LogP contribution < -0.4 is 10.1 Å². The highest BCUT2D eigenvalue weighted by Crippen LogP contribution is 2.33. The molecule has 1 aliphatic heterocycles. The van der Waals surface area contributed by atoms with E-state index in [4.69, 9.17) is 4.74 Å². The number of nitrogens with one attached hydrogen (secondary N) is 1. The van der Waals surface area contributed by atoms with Crippen LogP contribution in [0.25, 0.3) is 0 Å². The van der Waals surface area contributed by atoms with Gasteiger partial charge in [0.1, 0.15) is 5.69 Å². The molecule has 1 N–H and O–H groups in total. The molecule has 0 saturated carbocycles. The van der Waals surface area contributed by atoms with Gasteiger partial charge in [0, 0.05) is 42.2 Å².